The lowest BCUT2D eigenvalue weighted by molar-refractivity contribution is 0.407. The van der Waals surface area contributed by atoms with Crippen molar-refractivity contribution in [3.05, 3.63) is 16.5 Å². The van der Waals surface area contributed by atoms with Crippen molar-refractivity contribution < 1.29 is 8.42 Å². The molecule has 6 heteroatoms. The lowest BCUT2D eigenvalue weighted by Gasteiger charge is -2.19. The van der Waals surface area contributed by atoms with E-state index in [0.717, 1.165) is 16.9 Å². The molecule has 2 rings (SSSR count). The van der Waals surface area contributed by atoms with E-state index in [-0.39, 0.29) is 6.04 Å². The average Bonchev–Trinajstić information content (AvgIpc) is 2.82. The van der Waals surface area contributed by atoms with Crippen LogP contribution in [-0.4, -0.2) is 25.3 Å². The first-order valence-corrected chi connectivity index (χ1v) is 8.43. The molecule has 0 aromatic carbocycles. The third-order valence-electron chi connectivity index (χ3n) is 3.47. The van der Waals surface area contributed by atoms with Crippen molar-refractivity contribution in [1.29, 1.82) is 0 Å². The van der Waals surface area contributed by atoms with Crippen molar-refractivity contribution in [1.82, 2.24) is 4.31 Å². The number of hydrogen-bond donors (Lipinski definition) is 1. The van der Waals surface area contributed by atoms with Crippen LogP contribution in [0.3, 0.4) is 0 Å². The number of rotatable bonds is 3. The van der Waals surface area contributed by atoms with Gasteiger partial charge in [-0.1, -0.05) is 6.92 Å². The number of thiophene rings is 1. The zero-order valence-electron chi connectivity index (χ0n) is 11.0. The molecule has 1 aliphatic heterocycles. The fourth-order valence-electron chi connectivity index (χ4n) is 2.53. The summed E-state index contributed by atoms with van der Waals surface area (Å²) in [5.41, 5.74) is 6.59. The first-order chi connectivity index (χ1) is 8.36. The molecular formula is C12H20N2O2S2. The van der Waals surface area contributed by atoms with E-state index in [2.05, 4.69) is 6.92 Å². The zero-order chi connectivity index (χ0) is 13.5. The summed E-state index contributed by atoms with van der Waals surface area (Å²) in [4.78, 5) is 0.952. The van der Waals surface area contributed by atoms with E-state index < -0.39 is 10.0 Å². The molecule has 2 atom stereocenters. The van der Waals surface area contributed by atoms with Crippen LogP contribution in [0.1, 0.15) is 30.7 Å². The molecule has 0 aliphatic carbocycles. The minimum absolute atomic E-state index is 0.0914. The second-order valence-electron chi connectivity index (χ2n) is 5.14. The van der Waals surface area contributed by atoms with Crippen LogP contribution >= 0.6 is 11.3 Å². The second-order valence-corrected chi connectivity index (χ2v) is 8.39. The first kappa shape index (κ1) is 14.0. The Labute approximate surface area is 113 Å². The third-order valence-corrected chi connectivity index (χ3v) is 7.16. The summed E-state index contributed by atoms with van der Waals surface area (Å²) in [7, 11) is -3.34. The van der Waals surface area contributed by atoms with Crippen LogP contribution in [-0.2, 0) is 16.6 Å². The summed E-state index contributed by atoms with van der Waals surface area (Å²) >= 11 is 1.30. The average molecular weight is 288 g/mol. The van der Waals surface area contributed by atoms with Gasteiger partial charge in [-0.25, -0.2) is 8.42 Å². The SMILES string of the molecule is Cc1cc(S(=O)(=O)N2CC(C)CC2C)sc1CN. The molecule has 18 heavy (non-hydrogen) atoms. The number of hydrogen-bond acceptors (Lipinski definition) is 4. The number of nitrogens with two attached hydrogens (primary N) is 1. The van der Waals surface area contributed by atoms with Gasteiger partial charge >= 0.3 is 0 Å². The molecule has 1 aromatic heterocycles. The molecule has 0 amide bonds. The van der Waals surface area contributed by atoms with Gasteiger partial charge in [0.2, 0.25) is 0 Å². The quantitative estimate of drug-likeness (QED) is 0.924. The normalized spacial score (nSPS) is 25.8. The Balaban J connectivity index is 2.36. The Bertz CT molecular complexity index is 536. The molecule has 2 unspecified atom stereocenters. The summed E-state index contributed by atoms with van der Waals surface area (Å²) in [6, 6.07) is 1.84. The zero-order valence-corrected chi connectivity index (χ0v) is 12.6. The molecule has 0 radical (unpaired) electrons. The maximum absolute atomic E-state index is 12.6. The highest BCUT2D eigenvalue weighted by atomic mass is 32.2. The predicted octanol–water partition coefficient (Wildman–Crippen LogP) is 1.93. The summed E-state index contributed by atoms with van der Waals surface area (Å²) in [5, 5.41) is 0. The molecule has 1 saturated heterocycles. The van der Waals surface area contributed by atoms with Gasteiger partial charge in [-0.15, -0.1) is 11.3 Å². The van der Waals surface area contributed by atoms with Gasteiger partial charge in [0.25, 0.3) is 10.0 Å². The van der Waals surface area contributed by atoms with E-state index in [1.54, 1.807) is 10.4 Å². The van der Waals surface area contributed by atoms with Gasteiger partial charge in [-0.3, -0.25) is 0 Å². The lowest BCUT2D eigenvalue weighted by Crippen LogP contribution is -2.33. The smallest absolute Gasteiger partial charge is 0.252 e. The molecule has 0 spiro atoms. The lowest BCUT2D eigenvalue weighted by atomic mass is 10.1. The Morgan fingerprint density at radius 3 is 2.61 bits per heavy atom. The van der Waals surface area contributed by atoms with Crippen LogP contribution in [0.4, 0.5) is 0 Å². The van der Waals surface area contributed by atoms with Gasteiger partial charge in [0.15, 0.2) is 0 Å². The van der Waals surface area contributed by atoms with Gasteiger partial charge < -0.3 is 5.73 Å². The minimum atomic E-state index is -3.34. The summed E-state index contributed by atoms with van der Waals surface area (Å²) < 4.78 is 27.2. The molecule has 2 heterocycles. The van der Waals surface area contributed by atoms with Gasteiger partial charge in [-0.05, 0) is 37.8 Å². The highest BCUT2D eigenvalue weighted by Crippen LogP contribution is 2.33. The maximum atomic E-state index is 12.6. The molecule has 1 aliphatic rings. The van der Waals surface area contributed by atoms with E-state index >= 15 is 0 Å². The number of sulfonamides is 1. The van der Waals surface area contributed by atoms with Crippen LogP contribution in [0.5, 0.6) is 0 Å². The van der Waals surface area contributed by atoms with Gasteiger partial charge in [0.05, 0.1) is 0 Å². The fourth-order valence-corrected chi connectivity index (χ4v) is 5.89. The molecule has 102 valence electrons. The first-order valence-electron chi connectivity index (χ1n) is 6.17. The fraction of sp³-hybridized carbons (Fsp3) is 0.667. The van der Waals surface area contributed by atoms with E-state index in [1.165, 1.54) is 11.3 Å². The Morgan fingerprint density at radius 1 is 1.50 bits per heavy atom. The van der Waals surface area contributed by atoms with Crippen LogP contribution in [0.25, 0.3) is 0 Å². The third kappa shape index (κ3) is 2.34. The van der Waals surface area contributed by atoms with Crippen LogP contribution < -0.4 is 5.73 Å². The van der Waals surface area contributed by atoms with E-state index in [4.69, 9.17) is 5.73 Å². The van der Waals surface area contributed by atoms with Crippen LogP contribution in [0.2, 0.25) is 0 Å². The maximum Gasteiger partial charge on any atom is 0.252 e. The van der Waals surface area contributed by atoms with Crippen LogP contribution in [0.15, 0.2) is 10.3 Å². The van der Waals surface area contributed by atoms with E-state index in [1.807, 2.05) is 13.8 Å². The molecule has 0 saturated carbocycles. The monoisotopic (exact) mass is 288 g/mol. The molecular weight excluding hydrogens is 268 g/mol. The summed E-state index contributed by atoms with van der Waals surface area (Å²) in [6.07, 6.45) is 0.938. The van der Waals surface area contributed by atoms with Gasteiger partial charge in [-0.2, -0.15) is 4.31 Å². The molecule has 4 nitrogen and oxygen atoms in total. The van der Waals surface area contributed by atoms with Gasteiger partial charge in [0, 0.05) is 24.0 Å². The van der Waals surface area contributed by atoms with E-state index in [0.29, 0.717) is 23.2 Å². The summed E-state index contributed by atoms with van der Waals surface area (Å²) in [6.45, 7) is 7.01. The van der Waals surface area contributed by atoms with Crippen molar-refractivity contribution in [2.45, 2.75) is 44.0 Å². The number of aryl methyl sites for hydroxylation is 1. The van der Waals surface area contributed by atoms with E-state index in [9.17, 15) is 8.42 Å². The van der Waals surface area contributed by atoms with Crippen molar-refractivity contribution in [2.75, 3.05) is 6.54 Å². The predicted molar refractivity (Wildman–Crippen MR) is 74.1 cm³/mol. The largest absolute Gasteiger partial charge is 0.326 e. The Morgan fingerprint density at radius 2 is 2.17 bits per heavy atom. The Hall–Kier alpha value is -0.430. The Kier molecular flexibility index (Phi) is 3.82. The standard InChI is InChI=1S/C12H20N2O2S2/c1-8-4-10(3)14(7-8)18(15,16)12-5-9(2)11(6-13)17-12/h5,8,10H,4,6-7,13H2,1-3H3. The highest BCUT2D eigenvalue weighted by molar-refractivity contribution is 7.91. The highest BCUT2D eigenvalue weighted by Gasteiger charge is 2.37. The molecule has 1 aromatic rings. The number of nitrogens with zero attached hydrogens (tertiary/aromatic N) is 1. The summed E-state index contributed by atoms with van der Waals surface area (Å²) in [5.74, 6) is 0.435. The van der Waals surface area contributed by atoms with Gasteiger partial charge in [0.1, 0.15) is 4.21 Å². The van der Waals surface area contributed by atoms with Crippen molar-refractivity contribution >= 4 is 21.4 Å². The minimum Gasteiger partial charge on any atom is -0.326 e. The topological polar surface area (TPSA) is 63.4 Å². The van der Waals surface area contributed by atoms with Crippen molar-refractivity contribution in [3.63, 3.8) is 0 Å². The molecule has 2 N–H and O–H groups in total. The molecule has 1 fully saturated rings. The van der Waals surface area contributed by atoms with Crippen molar-refractivity contribution in [2.24, 2.45) is 11.7 Å². The van der Waals surface area contributed by atoms with Crippen molar-refractivity contribution in [3.8, 4) is 0 Å². The molecule has 0 bridgehead atoms. The second kappa shape index (κ2) is 4.92. The van der Waals surface area contributed by atoms with Crippen LogP contribution in [0, 0.1) is 12.8 Å².